The van der Waals surface area contributed by atoms with Gasteiger partial charge in [0.2, 0.25) is 0 Å². The van der Waals surface area contributed by atoms with E-state index >= 15 is 0 Å². The van der Waals surface area contributed by atoms with Crippen LogP contribution in [0.2, 0.25) is 0 Å². The van der Waals surface area contributed by atoms with Gasteiger partial charge in [-0.1, -0.05) is 48.5 Å². The van der Waals surface area contributed by atoms with E-state index in [2.05, 4.69) is 55.1 Å². The summed E-state index contributed by atoms with van der Waals surface area (Å²) in [5.74, 6) is 0.842. The SMILES string of the molecule is CC(CC[P@@](C)C(C)(C)C)C(C)(C)C. The molecule has 0 radical (unpaired) electrons. The van der Waals surface area contributed by atoms with E-state index < -0.39 is 0 Å². The van der Waals surface area contributed by atoms with Crippen molar-refractivity contribution >= 4 is 7.92 Å². The summed E-state index contributed by atoms with van der Waals surface area (Å²) in [6.07, 6.45) is 2.82. The van der Waals surface area contributed by atoms with Crippen molar-refractivity contribution in [1.29, 1.82) is 0 Å². The number of rotatable bonds is 3. The second-order valence-electron chi connectivity index (χ2n) is 6.65. The van der Waals surface area contributed by atoms with Crippen LogP contribution < -0.4 is 0 Å². The van der Waals surface area contributed by atoms with Crippen LogP contribution in [0.25, 0.3) is 0 Å². The molecule has 1 unspecified atom stereocenters. The highest BCUT2D eigenvalue weighted by atomic mass is 31.1. The van der Waals surface area contributed by atoms with Gasteiger partial charge in [-0.2, -0.15) is 0 Å². The van der Waals surface area contributed by atoms with Crippen LogP contribution in [0, 0.1) is 11.3 Å². The van der Waals surface area contributed by atoms with Crippen LogP contribution in [0.3, 0.4) is 0 Å². The predicted octanol–water partition coefficient (Wildman–Crippen LogP) is 4.97. The number of hydrogen-bond acceptors (Lipinski definition) is 0. The van der Waals surface area contributed by atoms with Crippen molar-refractivity contribution in [3.05, 3.63) is 0 Å². The third-order valence-electron chi connectivity index (χ3n) is 3.52. The largest absolute Gasteiger partial charge is 0.104 e. The summed E-state index contributed by atoms with van der Waals surface area (Å²) < 4.78 is 0. The molecule has 0 aromatic carbocycles. The van der Waals surface area contributed by atoms with Gasteiger partial charge in [-0.15, -0.1) is 7.92 Å². The lowest BCUT2D eigenvalue weighted by Gasteiger charge is -2.32. The maximum atomic E-state index is 2.45. The molecular weight excluding hydrogens is 187 g/mol. The van der Waals surface area contributed by atoms with Crippen molar-refractivity contribution in [2.24, 2.45) is 11.3 Å². The highest BCUT2D eigenvalue weighted by Gasteiger charge is 2.23. The van der Waals surface area contributed by atoms with E-state index in [1.807, 2.05) is 0 Å². The van der Waals surface area contributed by atoms with Crippen molar-refractivity contribution in [3.63, 3.8) is 0 Å². The van der Waals surface area contributed by atoms with E-state index in [0.29, 0.717) is 10.6 Å². The fourth-order valence-corrected chi connectivity index (χ4v) is 2.60. The zero-order valence-electron chi connectivity index (χ0n) is 11.4. The van der Waals surface area contributed by atoms with E-state index in [9.17, 15) is 0 Å². The van der Waals surface area contributed by atoms with Gasteiger partial charge in [0.05, 0.1) is 0 Å². The van der Waals surface area contributed by atoms with Gasteiger partial charge in [0, 0.05) is 0 Å². The first kappa shape index (κ1) is 14.4. The molecule has 0 aliphatic rings. The first-order chi connectivity index (χ1) is 6.05. The summed E-state index contributed by atoms with van der Waals surface area (Å²) in [5.41, 5.74) is 0.480. The Morgan fingerprint density at radius 3 is 1.71 bits per heavy atom. The average molecular weight is 216 g/mol. The van der Waals surface area contributed by atoms with E-state index in [-0.39, 0.29) is 7.92 Å². The van der Waals surface area contributed by atoms with Crippen LogP contribution >= 0.6 is 7.92 Å². The third-order valence-corrected chi connectivity index (χ3v) is 6.74. The van der Waals surface area contributed by atoms with Crippen LogP contribution in [0.4, 0.5) is 0 Å². The molecule has 14 heavy (non-hydrogen) atoms. The fourth-order valence-electron chi connectivity index (χ4n) is 1.16. The minimum atomic E-state index is 0.199. The van der Waals surface area contributed by atoms with Gasteiger partial charge in [0.15, 0.2) is 0 Å². The summed E-state index contributed by atoms with van der Waals surface area (Å²) >= 11 is 0. The molecule has 0 aromatic rings. The molecule has 0 heterocycles. The highest BCUT2D eigenvalue weighted by Crippen LogP contribution is 2.47. The summed E-state index contributed by atoms with van der Waals surface area (Å²) in [7, 11) is 0.199. The molecule has 0 N–H and O–H groups in total. The van der Waals surface area contributed by atoms with E-state index in [1.165, 1.54) is 12.6 Å². The van der Waals surface area contributed by atoms with Crippen LogP contribution in [0.1, 0.15) is 54.9 Å². The maximum absolute atomic E-state index is 2.45. The topological polar surface area (TPSA) is 0 Å². The Kier molecular flexibility index (Phi) is 5.12. The molecule has 86 valence electrons. The van der Waals surface area contributed by atoms with Gasteiger partial charge in [-0.3, -0.25) is 0 Å². The molecule has 0 bridgehead atoms. The van der Waals surface area contributed by atoms with Crippen molar-refractivity contribution in [1.82, 2.24) is 0 Å². The molecule has 0 aliphatic carbocycles. The Balaban J connectivity index is 3.96. The lowest BCUT2D eigenvalue weighted by Crippen LogP contribution is -2.20. The van der Waals surface area contributed by atoms with Crippen LogP contribution in [-0.2, 0) is 0 Å². The van der Waals surface area contributed by atoms with Gasteiger partial charge < -0.3 is 0 Å². The van der Waals surface area contributed by atoms with E-state index in [1.54, 1.807) is 0 Å². The third kappa shape index (κ3) is 5.35. The summed E-state index contributed by atoms with van der Waals surface area (Å²) in [6.45, 7) is 19.0. The first-order valence-corrected chi connectivity index (χ1v) is 7.74. The molecule has 1 heteroatoms. The van der Waals surface area contributed by atoms with Crippen molar-refractivity contribution in [2.45, 2.75) is 60.0 Å². The van der Waals surface area contributed by atoms with Gasteiger partial charge in [0.25, 0.3) is 0 Å². The highest BCUT2D eigenvalue weighted by molar-refractivity contribution is 7.58. The van der Waals surface area contributed by atoms with E-state index in [0.717, 1.165) is 5.92 Å². The van der Waals surface area contributed by atoms with Crippen molar-refractivity contribution in [2.75, 3.05) is 12.8 Å². The normalized spacial score (nSPS) is 18.0. The van der Waals surface area contributed by atoms with Gasteiger partial charge >= 0.3 is 0 Å². The maximum Gasteiger partial charge on any atom is -0.0182 e. The predicted molar refractivity (Wildman–Crippen MR) is 70.7 cm³/mol. The van der Waals surface area contributed by atoms with Gasteiger partial charge in [-0.05, 0) is 35.7 Å². The van der Waals surface area contributed by atoms with Gasteiger partial charge in [0.1, 0.15) is 0 Å². The molecule has 0 spiro atoms. The standard InChI is InChI=1S/C13H29P/c1-11(12(2,3)4)9-10-14(8)13(5,6)7/h11H,9-10H2,1-8H3/t11?,14-/m1/s1. The monoisotopic (exact) mass is 216 g/mol. The average Bonchev–Trinajstić information content (AvgIpc) is 1.95. The Labute approximate surface area is 92.6 Å². The van der Waals surface area contributed by atoms with Crippen LogP contribution in [0.15, 0.2) is 0 Å². The zero-order chi connectivity index (χ0) is 11.6. The molecule has 0 aliphatic heterocycles. The Hall–Kier alpha value is 0.430. The summed E-state index contributed by atoms with van der Waals surface area (Å²) in [4.78, 5) is 0. The minimum Gasteiger partial charge on any atom is -0.104 e. The van der Waals surface area contributed by atoms with E-state index in [4.69, 9.17) is 0 Å². The molecule has 0 amide bonds. The minimum absolute atomic E-state index is 0.199. The molecule has 0 saturated heterocycles. The second kappa shape index (κ2) is 4.97. The lowest BCUT2D eigenvalue weighted by atomic mass is 9.81. The quantitative estimate of drug-likeness (QED) is 0.584. The molecule has 0 fully saturated rings. The Bertz CT molecular complexity index is 139. The second-order valence-corrected chi connectivity index (χ2v) is 9.83. The molecule has 0 nitrogen and oxygen atoms in total. The molecular formula is C13H29P. The van der Waals surface area contributed by atoms with Crippen molar-refractivity contribution in [3.8, 4) is 0 Å². The molecule has 0 aromatic heterocycles. The smallest absolute Gasteiger partial charge is 0.0182 e. The number of hydrogen-bond donors (Lipinski definition) is 0. The molecule has 0 saturated carbocycles. The van der Waals surface area contributed by atoms with Crippen LogP contribution in [0.5, 0.6) is 0 Å². The molecule has 0 rings (SSSR count). The summed E-state index contributed by atoms with van der Waals surface area (Å²) in [5, 5.41) is 0.535. The van der Waals surface area contributed by atoms with Crippen LogP contribution in [-0.4, -0.2) is 18.0 Å². The Morgan fingerprint density at radius 2 is 1.43 bits per heavy atom. The first-order valence-electron chi connectivity index (χ1n) is 5.76. The molecule has 2 atom stereocenters. The zero-order valence-corrected chi connectivity index (χ0v) is 12.3. The lowest BCUT2D eigenvalue weighted by molar-refractivity contribution is 0.255. The summed E-state index contributed by atoms with van der Waals surface area (Å²) in [6, 6.07) is 0. The van der Waals surface area contributed by atoms with Crippen molar-refractivity contribution < 1.29 is 0 Å². The van der Waals surface area contributed by atoms with Gasteiger partial charge in [-0.25, -0.2) is 0 Å². The Morgan fingerprint density at radius 1 is 1.00 bits per heavy atom. The fraction of sp³-hybridized carbons (Fsp3) is 1.00.